The molecule has 1 unspecified atom stereocenters. The number of nitrogens with zero attached hydrogens (tertiary/aromatic N) is 5. The van der Waals surface area contributed by atoms with E-state index in [2.05, 4.69) is 29.6 Å². The molecule has 12 nitrogen and oxygen atoms in total. The third-order valence-corrected chi connectivity index (χ3v) is 7.77. The number of carbonyl (C=O) groups is 1. The van der Waals surface area contributed by atoms with Crippen molar-refractivity contribution < 1.29 is 24.3 Å². The molecule has 32 heavy (non-hydrogen) atoms. The Morgan fingerprint density at radius 3 is 2.81 bits per heavy atom. The summed E-state index contributed by atoms with van der Waals surface area (Å²) in [5, 5.41) is 36.5. The lowest BCUT2D eigenvalue weighted by Crippen LogP contribution is -2.29. The second-order valence-corrected chi connectivity index (χ2v) is 10.0. The summed E-state index contributed by atoms with van der Waals surface area (Å²) in [6.07, 6.45) is 7.91. The Labute approximate surface area is 186 Å². The molecule has 0 fully saturated rings. The fraction of sp³-hybridized carbons (Fsp3) is 0.278. The second-order valence-electron chi connectivity index (χ2n) is 6.97. The fourth-order valence-electron chi connectivity index (χ4n) is 3.24. The van der Waals surface area contributed by atoms with Crippen molar-refractivity contribution in [3.8, 4) is 11.3 Å². The molecule has 1 atom stereocenters. The number of pyridine rings is 1. The average Bonchev–Trinajstić information content (AvgIpc) is 3.45. The number of aromatic nitrogens is 4. The number of nitrogens with two attached hydrogens (primary N) is 1. The number of hydrogen-bond donors (Lipinski definition) is 5. The van der Waals surface area contributed by atoms with E-state index >= 15 is 0 Å². The van der Waals surface area contributed by atoms with Crippen LogP contribution < -0.4 is 10.5 Å². The number of nitrogens with one attached hydrogen (secondary N) is 1. The van der Waals surface area contributed by atoms with Gasteiger partial charge in [-0.1, -0.05) is 0 Å². The summed E-state index contributed by atoms with van der Waals surface area (Å²) >= 11 is 0.567. The largest absolute Gasteiger partial charge is 0.390 e. The number of carbonyl (C=O) groups excluding carboxylic acids is 1. The minimum Gasteiger partial charge on any atom is -0.390 e. The molecule has 14 heteroatoms. The Morgan fingerprint density at radius 1 is 1.28 bits per heavy atom. The number of fused-ring (bicyclic) bond motifs is 1. The summed E-state index contributed by atoms with van der Waals surface area (Å²) < 4.78 is 16.3. The van der Waals surface area contributed by atoms with Crippen LogP contribution in [0.3, 0.4) is 0 Å². The lowest BCUT2D eigenvalue weighted by molar-refractivity contribution is -0.195. The van der Waals surface area contributed by atoms with Crippen LogP contribution in [0.2, 0.25) is 0 Å². The first-order valence-corrected chi connectivity index (χ1v) is 11.8. The van der Waals surface area contributed by atoms with Crippen molar-refractivity contribution in [1.82, 2.24) is 19.9 Å². The average molecular weight is 478 g/mol. The predicted molar refractivity (Wildman–Crippen MR) is 115 cm³/mol. The molecule has 0 aliphatic heterocycles. The van der Waals surface area contributed by atoms with Crippen molar-refractivity contribution in [3.05, 3.63) is 47.2 Å². The van der Waals surface area contributed by atoms with Crippen molar-refractivity contribution in [2.75, 3.05) is 11.9 Å². The summed E-state index contributed by atoms with van der Waals surface area (Å²) in [6.45, 7) is -1.03. The van der Waals surface area contributed by atoms with E-state index in [0.717, 1.165) is 30.3 Å². The van der Waals surface area contributed by atoms with E-state index in [1.54, 1.807) is 18.5 Å². The quantitative estimate of drug-likeness (QED) is 0.326. The monoisotopic (exact) mass is 477 g/mol. The van der Waals surface area contributed by atoms with Crippen molar-refractivity contribution in [2.45, 2.75) is 29.3 Å². The molecule has 168 valence electrons. The number of aliphatic hydroxyl groups is 3. The van der Waals surface area contributed by atoms with Gasteiger partial charge in [-0.2, -0.15) is 0 Å². The normalized spacial score (nSPS) is 15.1. The van der Waals surface area contributed by atoms with E-state index in [-0.39, 0.29) is 9.22 Å². The van der Waals surface area contributed by atoms with Crippen LogP contribution in [0, 0.1) is 0 Å². The van der Waals surface area contributed by atoms with E-state index in [0.29, 0.717) is 34.7 Å². The molecule has 0 aromatic carbocycles. The highest BCUT2D eigenvalue weighted by Gasteiger charge is 2.30. The lowest BCUT2D eigenvalue weighted by atomic mass is 10.1. The van der Waals surface area contributed by atoms with Crippen LogP contribution in [0.15, 0.2) is 39.6 Å². The maximum Gasteiger partial charge on any atom is 0.354 e. The highest BCUT2D eigenvalue weighted by Crippen LogP contribution is 2.35. The molecular weight excluding hydrogens is 458 g/mol. The third kappa shape index (κ3) is 4.36. The van der Waals surface area contributed by atoms with E-state index in [4.69, 9.17) is 10.2 Å². The third-order valence-electron chi connectivity index (χ3n) is 4.75. The van der Waals surface area contributed by atoms with Gasteiger partial charge in [0.05, 0.1) is 17.6 Å². The molecule has 2 amide bonds. The lowest BCUT2D eigenvalue weighted by Gasteiger charge is -2.14. The van der Waals surface area contributed by atoms with Gasteiger partial charge in [0.2, 0.25) is 5.79 Å². The highest BCUT2D eigenvalue weighted by molar-refractivity contribution is 7.93. The Kier molecular flexibility index (Phi) is 5.98. The number of rotatable bonds is 5. The van der Waals surface area contributed by atoms with Gasteiger partial charge in [0.25, 0.3) is 0 Å². The van der Waals surface area contributed by atoms with Crippen LogP contribution >= 0.6 is 11.3 Å². The van der Waals surface area contributed by atoms with Gasteiger partial charge in [-0.05, 0) is 30.9 Å². The van der Waals surface area contributed by atoms with Crippen molar-refractivity contribution in [1.29, 1.82) is 0 Å². The van der Waals surface area contributed by atoms with E-state index in [1.807, 2.05) is 0 Å². The van der Waals surface area contributed by atoms with E-state index in [9.17, 15) is 19.2 Å². The smallest absolute Gasteiger partial charge is 0.354 e. The molecular formula is C18H19N7O5S2. The van der Waals surface area contributed by atoms with Gasteiger partial charge in [-0.3, -0.25) is 4.98 Å². The van der Waals surface area contributed by atoms with Crippen LogP contribution in [0.1, 0.15) is 22.7 Å². The number of thiazole rings is 1. The number of aliphatic hydroxyl groups excluding tert-OH is 1. The molecule has 3 heterocycles. The summed E-state index contributed by atoms with van der Waals surface area (Å²) in [6, 6.07) is 0.720. The second kappa shape index (κ2) is 8.57. The molecule has 0 spiro atoms. The van der Waals surface area contributed by atoms with Crippen LogP contribution in [0.5, 0.6) is 0 Å². The maximum atomic E-state index is 12.9. The maximum absolute atomic E-state index is 12.9. The van der Waals surface area contributed by atoms with Gasteiger partial charge in [0.1, 0.15) is 17.1 Å². The molecule has 1 aliphatic rings. The zero-order valence-corrected chi connectivity index (χ0v) is 18.1. The summed E-state index contributed by atoms with van der Waals surface area (Å²) in [5.74, 6) is -2.62. The number of anilines is 1. The summed E-state index contributed by atoms with van der Waals surface area (Å²) in [5.41, 5.74) is 3.27. The predicted octanol–water partition coefficient (Wildman–Crippen LogP) is 0.546. The number of aryl methyl sites for hydroxylation is 1. The first-order chi connectivity index (χ1) is 15.2. The molecule has 3 aromatic heterocycles. The van der Waals surface area contributed by atoms with Crippen LogP contribution in [0.25, 0.3) is 11.3 Å². The summed E-state index contributed by atoms with van der Waals surface area (Å²) in [7, 11) is -3.74. The minimum atomic E-state index is -3.74. The topological polar surface area (TPSA) is 197 Å². The molecule has 0 saturated carbocycles. The van der Waals surface area contributed by atoms with Crippen LogP contribution in [0.4, 0.5) is 10.5 Å². The van der Waals surface area contributed by atoms with Gasteiger partial charge in [-0.15, -0.1) is 15.7 Å². The highest BCUT2D eigenvalue weighted by atomic mass is 32.2. The Morgan fingerprint density at radius 2 is 2.09 bits per heavy atom. The number of urea groups is 1. The molecule has 0 bridgehead atoms. The van der Waals surface area contributed by atoms with Crippen molar-refractivity contribution >= 4 is 33.0 Å². The van der Waals surface area contributed by atoms with Gasteiger partial charge < -0.3 is 20.6 Å². The van der Waals surface area contributed by atoms with Crippen LogP contribution in [-0.2, 0) is 28.5 Å². The standard InChI is InChI=1S/C18H19N7O5S2/c19-32(30,14-7-22-16(31-14)18(28,29)8-26)25-17(27)24-15-10-2-1-3-12(10)21-6-11(15)13-4-5-20-9-23-13/h4-7,9,26,28-29H,1-3,8H2,(H3,19,21,24,25,27,30). The zero-order valence-electron chi connectivity index (χ0n) is 16.5. The Bertz CT molecular complexity index is 1290. The molecule has 4 rings (SSSR count). The van der Waals surface area contributed by atoms with E-state index in [1.165, 1.54) is 6.33 Å². The molecule has 0 radical (unpaired) electrons. The van der Waals surface area contributed by atoms with Gasteiger partial charge in [-0.25, -0.2) is 29.1 Å². The first-order valence-electron chi connectivity index (χ1n) is 9.36. The van der Waals surface area contributed by atoms with Gasteiger partial charge >= 0.3 is 6.03 Å². The number of amides is 2. The minimum absolute atomic E-state index is 0.153. The fourth-order valence-corrected chi connectivity index (χ4v) is 5.28. The summed E-state index contributed by atoms with van der Waals surface area (Å²) in [4.78, 5) is 29.0. The van der Waals surface area contributed by atoms with Gasteiger partial charge in [0, 0.05) is 23.7 Å². The van der Waals surface area contributed by atoms with E-state index < -0.39 is 28.3 Å². The van der Waals surface area contributed by atoms with Gasteiger partial charge in [0.15, 0.2) is 14.9 Å². The van der Waals surface area contributed by atoms with Crippen LogP contribution in [-0.4, -0.2) is 52.1 Å². The molecule has 3 aromatic rings. The Balaban J connectivity index is 1.68. The SMILES string of the molecule is NS(=O)(=NC(=O)Nc1c(-c2ccncn2)cnc2c1CCC2)c1cnc(C(O)(O)CO)s1. The van der Waals surface area contributed by atoms with Crippen molar-refractivity contribution in [3.63, 3.8) is 0 Å². The Hall–Kier alpha value is -2.88. The molecule has 6 N–H and O–H groups in total. The molecule has 0 saturated heterocycles. The molecule has 1 aliphatic carbocycles. The number of hydrogen-bond acceptors (Lipinski definition) is 10. The van der Waals surface area contributed by atoms with Crippen molar-refractivity contribution in [2.24, 2.45) is 9.50 Å². The first kappa shape index (κ1) is 22.3. The zero-order chi connectivity index (χ0) is 22.9.